The van der Waals surface area contributed by atoms with Crippen molar-refractivity contribution in [2.45, 2.75) is 6.42 Å². The van der Waals surface area contributed by atoms with Crippen LogP contribution in [-0.2, 0) is 6.42 Å². The summed E-state index contributed by atoms with van der Waals surface area (Å²) in [4.78, 5) is 4.46. The van der Waals surface area contributed by atoms with Gasteiger partial charge in [-0.25, -0.2) is 4.98 Å². The molecule has 1 aromatic carbocycles. The van der Waals surface area contributed by atoms with Crippen LogP contribution >= 0.6 is 0 Å². The van der Waals surface area contributed by atoms with Gasteiger partial charge in [0, 0.05) is 6.42 Å². The van der Waals surface area contributed by atoms with E-state index < -0.39 is 0 Å². The Bertz CT molecular complexity index is 720. The fraction of sp³-hybridized carbons (Fsp3) is 0.143. The summed E-state index contributed by atoms with van der Waals surface area (Å²) in [5.41, 5.74) is 7.72. The van der Waals surface area contributed by atoms with Crippen molar-refractivity contribution >= 4 is 11.5 Å². The molecule has 3 rings (SSSR count). The van der Waals surface area contributed by atoms with Gasteiger partial charge in [-0.1, -0.05) is 18.2 Å². The first-order valence-electron chi connectivity index (χ1n) is 5.99. The van der Waals surface area contributed by atoms with Gasteiger partial charge in [0.05, 0.1) is 7.11 Å². The molecule has 0 fully saturated rings. The van der Waals surface area contributed by atoms with Crippen molar-refractivity contribution in [3.05, 3.63) is 53.9 Å². The molecule has 0 amide bonds. The van der Waals surface area contributed by atoms with Crippen LogP contribution in [0.15, 0.2) is 42.5 Å². The fourth-order valence-corrected chi connectivity index (χ4v) is 2.01. The number of ether oxygens (including phenoxy) is 1. The number of pyridine rings is 1. The number of fused-ring (bicyclic) bond motifs is 1. The van der Waals surface area contributed by atoms with Crippen LogP contribution in [0.2, 0.25) is 0 Å². The van der Waals surface area contributed by atoms with E-state index >= 15 is 0 Å². The lowest BCUT2D eigenvalue weighted by atomic mass is 10.1. The molecule has 2 N–H and O–H groups in total. The van der Waals surface area contributed by atoms with Crippen molar-refractivity contribution in [2.75, 3.05) is 12.8 Å². The molecule has 0 atom stereocenters. The van der Waals surface area contributed by atoms with Crippen LogP contribution in [-0.4, -0.2) is 21.7 Å². The average molecular weight is 254 g/mol. The van der Waals surface area contributed by atoms with Gasteiger partial charge < -0.3 is 10.5 Å². The zero-order valence-corrected chi connectivity index (χ0v) is 10.6. The molecule has 0 saturated carbocycles. The summed E-state index contributed by atoms with van der Waals surface area (Å²) in [7, 11) is 1.66. The second kappa shape index (κ2) is 4.61. The number of rotatable bonds is 3. The van der Waals surface area contributed by atoms with E-state index in [1.54, 1.807) is 17.7 Å². The number of aromatic nitrogens is 3. The van der Waals surface area contributed by atoms with E-state index in [9.17, 15) is 0 Å². The van der Waals surface area contributed by atoms with Crippen LogP contribution in [0.4, 0.5) is 5.82 Å². The lowest BCUT2D eigenvalue weighted by Gasteiger charge is -2.01. The van der Waals surface area contributed by atoms with Crippen molar-refractivity contribution in [2.24, 2.45) is 0 Å². The van der Waals surface area contributed by atoms with Crippen molar-refractivity contribution in [1.29, 1.82) is 0 Å². The number of methoxy groups -OCH3 is 1. The Kier molecular flexibility index (Phi) is 2.79. The third-order valence-corrected chi connectivity index (χ3v) is 2.93. The minimum Gasteiger partial charge on any atom is -0.497 e. The number of nitrogens with two attached hydrogens (primary N) is 1. The van der Waals surface area contributed by atoms with Crippen molar-refractivity contribution in [3.8, 4) is 5.75 Å². The zero-order chi connectivity index (χ0) is 13.2. The summed E-state index contributed by atoms with van der Waals surface area (Å²) in [6, 6.07) is 13.4. The molecule has 3 aromatic rings. The average Bonchev–Trinajstić information content (AvgIpc) is 2.83. The maximum Gasteiger partial charge on any atom is 0.157 e. The maximum absolute atomic E-state index is 5.85. The summed E-state index contributed by atoms with van der Waals surface area (Å²) in [5.74, 6) is 2.16. The van der Waals surface area contributed by atoms with Gasteiger partial charge in [0.25, 0.3) is 0 Å². The molecule has 0 aliphatic rings. The van der Waals surface area contributed by atoms with Crippen molar-refractivity contribution in [3.63, 3.8) is 0 Å². The monoisotopic (exact) mass is 254 g/mol. The number of nitrogen functional groups attached to an aromatic ring is 1. The smallest absolute Gasteiger partial charge is 0.157 e. The number of nitrogens with zero attached hydrogens (tertiary/aromatic N) is 3. The molecular weight excluding hydrogens is 240 g/mol. The Morgan fingerprint density at radius 1 is 1.21 bits per heavy atom. The predicted octanol–water partition coefficient (Wildman–Crippen LogP) is 1.91. The maximum atomic E-state index is 5.85. The standard InChI is InChI=1S/C14H14N4O/c1-19-11-5-2-4-10(8-11)9-13-16-14-7-3-6-12(15)18(14)17-13/h2-8H,9,15H2,1H3. The molecule has 0 spiro atoms. The van der Waals surface area contributed by atoms with Gasteiger partial charge in [0.2, 0.25) is 0 Å². The Hall–Kier alpha value is -2.56. The molecule has 2 heterocycles. The van der Waals surface area contributed by atoms with E-state index in [0.717, 1.165) is 22.8 Å². The quantitative estimate of drug-likeness (QED) is 0.775. The number of anilines is 1. The lowest BCUT2D eigenvalue weighted by molar-refractivity contribution is 0.414. The highest BCUT2D eigenvalue weighted by atomic mass is 16.5. The molecule has 0 radical (unpaired) electrons. The zero-order valence-electron chi connectivity index (χ0n) is 10.6. The summed E-state index contributed by atoms with van der Waals surface area (Å²) in [6.07, 6.45) is 0.651. The van der Waals surface area contributed by atoms with Crippen molar-refractivity contribution in [1.82, 2.24) is 14.6 Å². The SMILES string of the molecule is COc1cccc(Cc2nc3cccc(N)n3n2)c1. The Morgan fingerprint density at radius 2 is 2.05 bits per heavy atom. The van der Waals surface area contributed by atoms with E-state index in [-0.39, 0.29) is 0 Å². The van der Waals surface area contributed by atoms with E-state index in [0.29, 0.717) is 12.2 Å². The van der Waals surface area contributed by atoms with Crippen LogP contribution in [0, 0.1) is 0 Å². The van der Waals surface area contributed by atoms with Crippen LogP contribution in [0.5, 0.6) is 5.75 Å². The van der Waals surface area contributed by atoms with E-state index in [1.165, 1.54) is 0 Å². The highest BCUT2D eigenvalue weighted by Gasteiger charge is 2.06. The molecule has 5 nitrogen and oxygen atoms in total. The molecule has 96 valence electrons. The third kappa shape index (κ3) is 2.22. The van der Waals surface area contributed by atoms with Gasteiger partial charge in [-0.15, -0.1) is 5.10 Å². The molecule has 0 bridgehead atoms. The predicted molar refractivity (Wildman–Crippen MR) is 73.2 cm³/mol. The third-order valence-electron chi connectivity index (χ3n) is 2.93. The van der Waals surface area contributed by atoms with Gasteiger partial charge in [-0.3, -0.25) is 0 Å². The van der Waals surface area contributed by atoms with Gasteiger partial charge >= 0.3 is 0 Å². The molecule has 0 saturated heterocycles. The Labute approximate surface area is 110 Å². The molecule has 2 aromatic heterocycles. The number of hydrogen-bond donors (Lipinski definition) is 1. The summed E-state index contributed by atoms with van der Waals surface area (Å²) in [6.45, 7) is 0. The van der Waals surface area contributed by atoms with Crippen LogP contribution < -0.4 is 10.5 Å². The van der Waals surface area contributed by atoms with Crippen LogP contribution in [0.1, 0.15) is 11.4 Å². The minimum absolute atomic E-state index is 0.585. The Morgan fingerprint density at radius 3 is 2.84 bits per heavy atom. The second-order valence-corrected chi connectivity index (χ2v) is 4.28. The first kappa shape index (κ1) is 11.5. The van der Waals surface area contributed by atoms with Crippen LogP contribution in [0.3, 0.4) is 0 Å². The van der Waals surface area contributed by atoms with Crippen LogP contribution in [0.25, 0.3) is 5.65 Å². The first-order chi connectivity index (χ1) is 9.26. The Balaban J connectivity index is 1.94. The number of benzene rings is 1. The highest BCUT2D eigenvalue weighted by Crippen LogP contribution is 2.15. The lowest BCUT2D eigenvalue weighted by Crippen LogP contribution is -1.98. The van der Waals surface area contributed by atoms with Crippen molar-refractivity contribution < 1.29 is 4.74 Å². The summed E-state index contributed by atoms with van der Waals surface area (Å²) < 4.78 is 6.85. The molecule has 0 unspecified atom stereocenters. The molecule has 19 heavy (non-hydrogen) atoms. The van der Waals surface area contributed by atoms with Gasteiger partial charge in [-0.05, 0) is 29.8 Å². The largest absolute Gasteiger partial charge is 0.497 e. The van der Waals surface area contributed by atoms with Gasteiger partial charge in [-0.2, -0.15) is 4.52 Å². The van der Waals surface area contributed by atoms with Gasteiger partial charge in [0.1, 0.15) is 11.6 Å². The first-order valence-corrected chi connectivity index (χ1v) is 5.99. The second-order valence-electron chi connectivity index (χ2n) is 4.28. The number of hydrogen-bond acceptors (Lipinski definition) is 4. The fourth-order valence-electron chi connectivity index (χ4n) is 2.01. The topological polar surface area (TPSA) is 65.4 Å². The highest BCUT2D eigenvalue weighted by molar-refractivity contribution is 5.46. The molecule has 0 aliphatic carbocycles. The summed E-state index contributed by atoms with van der Waals surface area (Å²) >= 11 is 0. The van der Waals surface area contributed by atoms with Gasteiger partial charge in [0.15, 0.2) is 11.5 Å². The minimum atomic E-state index is 0.585. The van der Waals surface area contributed by atoms with E-state index in [1.807, 2.05) is 36.4 Å². The molecular formula is C14H14N4O. The van der Waals surface area contributed by atoms with E-state index in [4.69, 9.17) is 10.5 Å². The normalized spacial score (nSPS) is 10.8. The van der Waals surface area contributed by atoms with E-state index in [2.05, 4.69) is 10.1 Å². The molecule has 0 aliphatic heterocycles. The molecule has 5 heteroatoms. The summed E-state index contributed by atoms with van der Waals surface area (Å²) in [5, 5.41) is 4.40.